The predicted molar refractivity (Wildman–Crippen MR) is 80.2 cm³/mol. The highest BCUT2D eigenvalue weighted by Gasteiger charge is 2.27. The lowest BCUT2D eigenvalue weighted by molar-refractivity contribution is -0.134. The van der Waals surface area contributed by atoms with Crippen LogP contribution in [0.1, 0.15) is 25.7 Å². The van der Waals surface area contributed by atoms with E-state index in [1.54, 1.807) is 12.1 Å². The Morgan fingerprint density at radius 3 is 2.82 bits per heavy atom. The van der Waals surface area contributed by atoms with Gasteiger partial charge in [-0.3, -0.25) is 4.79 Å². The van der Waals surface area contributed by atoms with E-state index in [-0.39, 0.29) is 17.8 Å². The van der Waals surface area contributed by atoms with E-state index in [1.165, 1.54) is 12.1 Å². The van der Waals surface area contributed by atoms with Crippen LogP contribution in [-0.2, 0) is 9.53 Å². The minimum absolute atomic E-state index is 0.0562. The third-order valence-electron chi connectivity index (χ3n) is 4.38. The Balaban J connectivity index is 1.44. The second kappa shape index (κ2) is 7.09. The van der Waals surface area contributed by atoms with Gasteiger partial charge in [0.15, 0.2) is 0 Å². The number of benzene rings is 1. The molecule has 1 atom stereocenters. The van der Waals surface area contributed by atoms with Gasteiger partial charge in [0.25, 0.3) is 0 Å². The van der Waals surface area contributed by atoms with E-state index in [9.17, 15) is 9.18 Å². The fraction of sp³-hybridized carbons (Fsp3) is 0.588. The van der Waals surface area contributed by atoms with Crippen molar-refractivity contribution in [2.45, 2.75) is 31.8 Å². The van der Waals surface area contributed by atoms with Crippen molar-refractivity contribution in [3.8, 4) is 5.75 Å². The lowest BCUT2D eigenvalue weighted by Crippen LogP contribution is -2.42. The van der Waals surface area contributed by atoms with Gasteiger partial charge in [0.05, 0.1) is 0 Å². The Hall–Kier alpha value is -1.62. The molecule has 4 nitrogen and oxygen atoms in total. The van der Waals surface area contributed by atoms with Crippen LogP contribution in [0.25, 0.3) is 0 Å². The standard InChI is InChI=1S/C17H22FNO3/c18-14-2-1-3-16(11-14)22-15-4-7-19(8-5-15)17(20)10-13-6-9-21-12-13/h1-3,11,13,15H,4-10,12H2/t13-/m1/s1. The topological polar surface area (TPSA) is 38.8 Å². The number of likely N-dealkylation sites (tertiary alicyclic amines) is 1. The largest absolute Gasteiger partial charge is 0.490 e. The van der Waals surface area contributed by atoms with Crippen molar-refractivity contribution in [2.24, 2.45) is 5.92 Å². The highest BCUT2D eigenvalue weighted by molar-refractivity contribution is 5.76. The molecule has 0 bridgehead atoms. The second-order valence-electron chi connectivity index (χ2n) is 6.09. The molecule has 2 saturated heterocycles. The molecule has 0 aromatic heterocycles. The van der Waals surface area contributed by atoms with Gasteiger partial charge in [0.2, 0.25) is 5.91 Å². The first-order valence-corrected chi connectivity index (χ1v) is 7.98. The maximum Gasteiger partial charge on any atom is 0.222 e. The minimum atomic E-state index is -0.288. The zero-order valence-electron chi connectivity index (χ0n) is 12.7. The summed E-state index contributed by atoms with van der Waals surface area (Å²) >= 11 is 0. The normalized spacial score (nSPS) is 22.8. The summed E-state index contributed by atoms with van der Waals surface area (Å²) in [5, 5.41) is 0. The van der Waals surface area contributed by atoms with Gasteiger partial charge in [-0.1, -0.05) is 6.07 Å². The van der Waals surface area contributed by atoms with Crippen LogP contribution in [0.4, 0.5) is 4.39 Å². The van der Waals surface area contributed by atoms with Gasteiger partial charge in [-0.15, -0.1) is 0 Å². The number of ether oxygens (including phenoxy) is 2. The first-order valence-electron chi connectivity index (χ1n) is 7.98. The van der Waals surface area contributed by atoms with Gasteiger partial charge < -0.3 is 14.4 Å². The van der Waals surface area contributed by atoms with Crippen LogP contribution in [0, 0.1) is 11.7 Å². The monoisotopic (exact) mass is 307 g/mol. The van der Waals surface area contributed by atoms with E-state index in [0.717, 1.165) is 25.9 Å². The summed E-state index contributed by atoms with van der Waals surface area (Å²) in [5.74, 6) is 0.880. The van der Waals surface area contributed by atoms with Crippen LogP contribution < -0.4 is 4.74 Å². The Morgan fingerprint density at radius 1 is 1.32 bits per heavy atom. The van der Waals surface area contributed by atoms with E-state index in [4.69, 9.17) is 9.47 Å². The van der Waals surface area contributed by atoms with E-state index >= 15 is 0 Å². The average Bonchev–Trinajstić information content (AvgIpc) is 3.01. The Morgan fingerprint density at radius 2 is 2.14 bits per heavy atom. The first kappa shape index (κ1) is 15.3. The summed E-state index contributed by atoms with van der Waals surface area (Å²) in [4.78, 5) is 14.2. The Kier molecular flexibility index (Phi) is 4.93. The lowest BCUT2D eigenvalue weighted by Gasteiger charge is -2.32. The molecule has 0 unspecified atom stereocenters. The minimum Gasteiger partial charge on any atom is -0.490 e. The molecule has 1 aromatic rings. The van der Waals surface area contributed by atoms with Crippen LogP contribution in [0.15, 0.2) is 24.3 Å². The van der Waals surface area contributed by atoms with E-state index in [0.29, 0.717) is 37.8 Å². The number of hydrogen-bond acceptors (Lipinski definition) is 3. The number of halogens is 1. The molecule has 1 amide bonds. The van der Waals surface area contributed by atoms with Gasteiger partial charge >= 0.3 is 0 Å². The quantitative estimate of drug-likeness (QED) is 0.858. The molecule has 120 valence electrons. The van der Waals surface area contributed by atoms with Gasteiger partial charge in [0, 0.05) is 51.6 Å². The number of carbonyl (C=O) groups excluding carboxylic acids is 1. The molecule has 2 fully saturated rings. The van der Waals surface area contributed by atoms with Crippen LogP contribution >= 0.6 is 0 Å². The number of carbonyl (C=O) groups is 1. The van der Waals surface area contributed by atoms with Crippen molar-refractivity contribution in [1.82, 2.24) is 4.90 Å². The van der Waals surface area contributed by atoms with Gasteiger partial charge in [0.1, 0.15) is 17.7 Å². The fourth-order valence-electron chi connectivity index (χ4n) is 3.08. The SMILES string of the molecule is O=C(C[C@H]1CCOC1)N1CCC(Oc2cccc(F)c2)CC1. The molecule has 2 aliphatic heterocycles. The Labute approximate surface area is 130 Å². The van der Waals surface area contributed by atoms with Crippen molar-refractivity contribution < 1.29 is 18.7 Å². The molecule has 22 heavy (non-hydrogen) atoms. The lowest BCUT2D eigenvalue weighted by atomic mass is 10.0. The van der Waals surface area contributed by atoms with Gasteiger partial charge in [-0.25, -0.2) is 4.39 Å². The maximum absolute atomic E-state index is 13.1. The van der Waals surface area contributed by atoms with Crippen molar-refractivity contribution in [3.05, 3.63) is 30.1 Å². The molecule has 2 heterocycles. The summed E-state index contributed by atoms with van der Waals surface area (Å²) in [6, 6.07) is 6.21. The summed E-state index contributed by atoms with van der Waals surface area (Å²) in [5.41, 5.74) is 0. The van der Waals surface area contributed by atoms with Crippen molar-refractivity contribution >= 4 is 5.91 Å². The third-order valence-corrected chi connectivity index (χ3v) is 4.38. The maximum atomic E-state index is 13.1. The second-order valence-corrected chi connectivity index (χ2v) is 6.09. The zero-order chi connectivity index (χ0) is 15.4. The van der Waals surface area contributed by atoms with Crippen LogP contribution in [0.3, 0.4) is 0 Å². The summed E-state index contributed by atoms with van der Waals surface area (Å²) in [6.07, 6.45) is 3.23. The molecule has 0 radical (unpaired) electrons. The third kappa shape index (κ3) is 3.97. The summed E-state index contributed by atoms with van der Waals surface area (Å²) in [7, 11) is 0. The molecule has 5 heteroatoms. The number of piperidine rings is 1. The smallest absolute Gasteiger partial charge is 0.222 e. The number of rotatable bonds is 4. The molecular formula is C17H22FNO3. The zero-order valence-corrected chi connectivity index (χ0v) is 12.7. The summed E-state index contributed by atoms with van der Waals surface area (Å²) < 4.78 is 24.3. The van der Waals surface area contributed by atoms with Gasteiger partial charge in [-0.05, 0) is 24.5 Å². The molecule has 3 rings (SSSR count). The van der Waals surface area contributed by atoms with Crippen LogP contribution in [-0.4, -0.2) is 43.2 Å². The van der Waals surface area contributed by atoms with Crippen LogP contribution in [0.5, 0.6) is 5.75 Å². The first-order chi connectivity index (χ1) is 10.7. The van der Waals surface area contributed by atoms with Gasteiger partial charge in [-0.2, -0.15) is 0 Å². The Bertz CT molecular complexity index is 508. The number of hydrogen-bond donors (Lipinski definition) is 0. The molecule has 0 saturated carbocycles. The van der Waals surface area contributed by atoms with E-state index in [1.807, 2.05) is 4.90 Å². The van der Waals surface area contributed by atoms with Crippen LogP contribution in [0.2, 0.25) is 0 Å². The fourth-order valence-corrected chi connectivity index (χ4v) is 3.08. The molecule has 2 aliphatic rings. The average molecular weight is 307 g/mol. The molecule has 0 spiro atoms. The van der Waals surface area contributed by atoms with Crippen molar-refractivity contribution in [2.75, 3.05) is 26.3 Å². The summed E-state index contributed by atoms with van der Waals surface area (Å²) in [6.45, 7) is 2.92. The predicted octanol–water partition coefficient (Wildman–Crippen LogP) is 2.62. The molecular weight excluding hydrogens is 285 g/mol. The van der Waals surface area contributed by atoms with Crippen molar-refractivity contribution in [3.63, 3.8) is 0 Å². The molecule has 0 N–H and O–H groups in total. The molecule has 1 aromatic carbocycles. The van der Waals surface area contributed by atoms with E-state index in [2.05, 4.69) is 0 Å². The molecule has 0 aliphatic carbocycles. The van der Waals surface area contributed by atoms with E-state index < -0.39 is 0 Å². The van der Waals surface area contributed by atoms with Crippen molar-refractivity contribution in [1.29, 1.82) is 0 Å². The highest BCUT2D eigenvalue weighted by Crippen LogP contribution is 2.22. The number of amides is 1. The highest BCUT2D eigenvalue weighted by atomic mass is 19.1. The number of nitrogens with zero attached hydrogens (tertiary/aromatic N) is 1.